The standard InChI is InChI=1S/C12H10N2O2S2/c1-8-10(17-7-14-8)3-4-11-13-6-9(18-11)2-5-12(15)16/h2-7H,1H3,(H,15,16)/b4-3+,5-2+. The molecule has 6 heteroatoms. The summed E-state index contributed by atoms with van der Waals surface area (Å²) in [6.45, 7) is 1.96. The van der Waals surface area contributed by atoms with E-state index in [1.165, 1.54) is 17.4 Å². The highest BCUT2D eigenvalue weighted by Gasteiger charge is 1.99. The number of hydrogen-bond acceptors (Lipinski definition) is 5. The van der Waals surface area contributed by atoms with Gasteiger partial charge in [0.05, 0.1) is 11.2 Å². The Balaban J connectivity index is 2.09. The minimum Gasteiger partial charge on any atom is -0.478 e. The van der Waals surface area contributed by atoms with E-state index in [1.807, 2.05) is 19.1 Å². The van der Waals surface area contributed by atoms with Crippen molar-refractivity contribution >= 4 is 46.9 Å². The second-order valence-electron chi connectivity index (χ2n) is 3.41. The summed E-state index contributed by atoms with van der Waals surface area (Å²) in [6.07, 6.45) is 8.17. The predicted octanol–water partition coefficient (Wildman–Crippen LogP) is 3.18. The molecule has 0 bridgehead atoms. The number of nitrogens with zero attached hydrogens (tertiary/aromatic N) is 2. The summed E-state index contributed by atoms with van der Waals surface area (Å²) in [5.41, 5.74) is 2.80. The Morgan fingerprint density at radius 3 is 2.83 bits per heavy atom. The molecule has 92 valence electrons. The van der Waals surface area contributed by atoms with E-state index in [0.29, 0.717) is 0 Å². The van der Waals surface area contributed by atoms with Gasteiger partial charge >= 0.3 is 5.97 Å². The maximum absolute atomic E-state index is 10.4. The van der Waals surface area contributed by atoms with Crippen LogP contribution in [0.3, 0.4) is 0 Å². The summed E-state index contributed by atoms with van der Waals surface area (Å²) < 4.78 is 0. The normalized spacial score (nSPS) is 11.6. The molecule has 0 unspecified atom stereocenters. The first-order chi connectivity index (χ1) is 8.65. The molecule has 0 spiro atoms. The molecule has 2 aromatic rings. The maximum Gasteiger partial charge on any atom is 0.328 e. The molecule has 1 N–H and O–H groups in total. The molecule has 0 radical (unpaired) electrons. The summed E-state index contributed by atoms with van der Waals surface area (Å²) in [7, 11) is 0. The zero-order valence-corrected chi connectivity index (χ0v) is 11.2. The fraction of sp³-hybridized carbons (Fsp3) is 0.0833. The van der Waals surface area contributed by atoms with E-state index in [-0.39, 0.29) is 0 Å². The molecule has 0 aliphatic carbocycles. The molecular weight excluding hydrogens is 268 g/mol. The van der Waals surface area contributed by atoms with Crippen LogP contribution < -0.4 is 0 Å². The Bertz CT molecular complexity index is 611. The van der Waals surface area contributed by atoms with Crippen LogP contribution >= 0.6 is 22.7 Å². The molecule has 0 aliphatic rings. The van der Waals surface area contributed by atoms with E-state index in [0.717, 1.165) is 26.5 Å². The van der Waals surface area contributed by atoms with Gasteiger partial charge in [-0.2, -0.15) is 0 Å². The second-order valence-corrected chi connectivity index (χ2v) is 5.39. The summed E-state index contributed by atoms with van der Waals surface area (Å²) >= 11 is 3.02. The third kappa shape index (κ3) is 3.35. The van der Waals surface area contributed by atoms with E-state index in [2.05, 4.69) is 9.97 Å². The fourth-order valence-corrected chi connectivity index (χ4v) is 2.64. The van der Waals surface area contributed by atoms with Gasteiger partial charge in [0.2, 0.25) is 0 Å². The van der Waals surface area contributed by atoms with Crippen molar-refractivity contribution < 1.29 is 9.90 Å². The molecule has 0 atom stereocenters. The Labute approximate surface area is 112 Å². The summed E-state index contributed by atoms with van der Waals surface area (Å²) in [6, 6.07) is 0. The monoisotopic (exact) mass is 278 g/mol. The molecule has 0 saturated heterocycles. The van der Waals surface area contributed by atoms with Gasteiger partial charge in [0.15, 0.2) is 0 Å². The highest BCUT2D eigenvalue weighted by Crippen LogP contribution is 2.19. The van der Waals surface area contributed by atoms with Crippen molar-refractivity contribution in [1.82, 2.24) is 9.97 Å². The van der Waals surface area contributed by atoms with E-state index in [9.17, 15) is 4.79 Å². The molecule has 0 fully saturated rings. The average molecular weight is 278 g/mol. The number of aliphatic carboxylic acids is 1. The quantitative estimate of drug-likeness (QED) is 0.872. The van der Waals surface area contributed by atoms with Crippen LogP contribution in [-0.2, 0) is 4.79 Å². The first-order valence-electron chi connectivity index (χ1n) is 5.10. The number of aryl methyl sites for hydroxylation is 1. The number of carbonyl (C=O) groups is 1. The lowest BCUT2D eigenvalue weighted by atomic mass is 10.3. The average Bonchev–Trinajstić information content (AvgIpc) is 2.93. The van der Waals surface area contributed by atoms with Gasteiger partial charge in [0, 0.05) is 22.0 Å². The van der Waals surface area contributed by atoms with Crippen molar-refractivity contribution in [3.05, 3.63) is 38.2 Å². The van der Waals surface area contributed by atoms with Gasteiger partial charge in [-0.3, -0.25) is 0 Å². The topological polar surface area (TPSA) is 63.1 Å². The Hall–Kier alpha value is -1.79. The molecule has 4 nitrogen and oxygen atoms in total. The van der Waals surface area contributed by atoms with Crippen LogP contribution in [0.5, 0.6) is 0 Å². The third-order valence-electron chi connectivity index (χ3n) is 2.09. The zero-order valence-electron chi connectivity index (χ0n) is 9.53. The highest BCUT2D eigenvalue weighted by molar-refractivity contribution is 7.13. The first kappa shape index (κ1) is 12.7. The fourth-order valence-electron chi connectivity index (χ4n) is 1.23. The van der Waals surface area contributed by atoms with Crippen LogP contribution in [0.1, 0.15) is 20.5 Å². The van der Waals surface area contributed by atoms with E-state index >= 15 is 0 Å². The molecule has 2 heterocycles. The minimum atomic E-state index is -0.958. The van der Waals surface area contributed by atoms with Crippen LogP contribution in [0, 0.1) is 6.92 Å². The number of hydrogen-bond donors (Lipinski definition) is 1. The van der Waals surface area contributed by atoms with E-state index in [4.69, 9.17) is 5.11 Å². The van der Waals surface area contributed by atoms with Crippen molar-refractivity contribution in [2.24, 2.45) is 0 Å². The predicted molar refractivity (Wildman–Crippen MR) is 74.6 cm³/mol. The Morgan fingerprint density at radius 2 is 2.17 bits per heavy atom. The van der Waals surface area contributed by atoms with Crippen LogP contribution in [0.4, 0.5) is 0 Å². The van der Waals surface area contributed by atoms with Crippen LogP contribution in [0.25, 0.3) is 18.2 Å². The van der Waals surface area contributed by atoms with Crippen molar-refractivity contribution in [2.45, 2.75) is 6.92 Å². The number of thiazole rings is 2. The molecule has 0 saturated carbocycles. The number of aromatic nitrogens is 2. The second kappa shape index (κ2) is 5.70. The van der Waals surface area contributed by atoms with Crippen LogP contribution in [-0.4, -0.2) is 21.0 Å². The smallest absolute Gasteiger partial charge is 0.328 e. The van der Waals surface area contributed by atoms with Gasteiger partial charge in [-0.25, -0.2) is 14.8 Å². The van der Waals surface area contributed by atoms with Gasteiger partial charge in [-0.15, -0.1) is 22.7 Å². The van der Waals surface area contributed by atoms with E-state index < -0.39 is 5.97 Å². The van der Waals surface area contributed by atoms with E-state index in [1.54, 1.807) is 23.0 Å². The Kier molecular flexibility index (Phi) is 4.01. The lowest BCUT2D eigenvalue weighted by molar-refractivity contribution is -0.131. The van der Waals surface area contributed by atoms with Crippen LogP contribution in [0.2, 0.25) is 0 Å². The van der Waals surface area contributed by atoms with Crippen molar-refractivity contribution in [3.63, 3.8) is 0 Å². The van der Waals surface area contributed by atoms with Gasteiger partial charge in [0.25, 0.3) is 0 Å². The molecule has 18 heavy (non-hydrogen) atoms. The molecular formula is C12H10N2O2S2. The maximum atomic E-state index is 10.4. The number of carboxylic acid groups (broad SMARTS) is 1. The lowest BCUT2D eigenvalue weighted by Crippen LogP contribution is -1.84. The van der Waals surface area contributed by atoms with Gasteiger partial charge < -0.3 is 5.11 Å². The Morgan fingerprint density at radius 1 is 1.33 bits per heavy atom. The summed E-state index contributed by atoms with van der Waals surface area (Å²) in [5, 5.41) is 9.36. The third-order valence-corrected chi connectivity index (χ3v) is 3.92. The minimum absolute atomic E-state index is 0.818. The lowest BCUT2D eigenvalue weighted by Gasteiger charge is -1.86. The SMILES string of the molecule is Cc1ncsc1/C=C/c1ncc(/C=C/C(=O)O)s1. The largest absolute Gasteiger partial charge is 0.478 e. The number of carboxylic acids is 1. The van der Waals surface area contributed by atoms with Crippen molar-refractivity contribution in [1.29, 1.82) is 0 Å². The number of rotatable bonds is 4. The molecule has 0 aliphatic heterocycles. The molecule has 0 amide bonds. The van der Waals surface area contributed by atoms with Crippen LogP contribution in [0.15, 0.2) is 17.8 Å². The highest BCUT2D eigenvalue weighted by atomic mass is 32.1. The van der Waals surface area contributed by atoms with Gasteiger partial charge in [0.1, 0.15) is 5.01 Å². The molecule has 0 aromatic carbocycles. The van der Waals surface area contributed by atoms with Crippen molar-refractivity contribution in [2.75, 3.05) is 0 Å². The molecule has 2 rings (SSSR count). The molecule has 2 aromatic heterocycles. The van der Waals surface area contributed by atoms with Gasteiger partial charge in [-0.1, -0.05) is 0 Å². The van der Waals surface area contributed by atoms with Gasteiger partial charge in [-0.05, 0) is 25.2 Å². The first-order valence-corrected chi connectivity index (χ1v) is 6.80. The van der Waals surface area contributed by atoms with Crippen molar-refractivity contribution in [3.8, 4) is 0 Å². The summed E-state index contributed by atoms with van der Waals surface area (Å²) in [5.74, 6) is -0.958. The summed E-state index contributed by atoms with van der Waals surface area (Å²) in [4.78, 5) is 20.6. The zero-order chi connectivity index (χ0) is 13.0.